The van der Waals surface area contributed by atoms with E-state index < -0.39 is 11.9 Å². The van der Waals surface area contributed by atoms with Crippen molar-refractivity contribution >= 4 is 11.8 Å². The molecule has 0 saturated carbocycles. The summed E-state index contributed by atoms with van der Waals surface area (Å²) in [6.45, 7) is 1.29. The van der Waals surface area contributed by atoms with Crippen LogP contribution in [0.2, 0.25) is 0 Å². The largest absolute Gasteiger partial charge is 0.352 e. The highest BCUT2D eigenvalue weighted by molar-refractivity contribution is 5.91. The zero-order valence-electron chi connectivity index (χ0n) is 10.2. The highest BCUT2D eigenvalue weighted by Gasteiger charge is 2.41. The summed E-state index contributed by atoms with van der Waals surface area (Å²) in [6.07, 6.45) is 0. The molecular formula is C13H14FN3O2. The third-order valence-electron chi connectivity index (χ3n) is 3.54. The molecule has 2 saturated heterocycles. The average molecular weight is 263 g/mol. The third-order valence-corrected chi connectivity index (χ3v) is 3.54. The molecule has 2 heterocycles. The molecule has 19 heavy (non-hydrogen) atoms. The van der Waals surface area contributed by atoms with Crippen LogP contribution < -0.4 is 10.6 Å². The molecule has 0 radical (unpaired) electrons. The molecule has 0 bridgehead atoms. The van der Waals surface area contributed by atoms with Crippen LogP contribution in [0, 0.1) is 5.82 Å². The first-order valence-corrected chi connectivity index (χ1v) is 6.22. The standard InChI is InChI=1S/C13H14FN3O2/c14-9-3-1-2-8(4-9)12-13(19)16-6-10-5-15-7-11(18)17(10)12/h1-4,10,12,15H,5-7H2,(H,16,19). The molecular weight excluding hydrogens is 249 g/mol. The van der Waals surface area contributed by atoms with E-state index in [1.807, 2.05) is 0 Å². The van der Waals surface area contributed by atoms with E-state index in [0.29, 0.717) is 18.7 Å². The molecule has 1 aromatic rings. The summed E-state index contributed by atoms with van der Waals surface area (Å²) in [7, 11) is 0. The van der Waals surface area contributed by atoms with Crippen LogP contribution in [-0.4, -0.2) is 42.4 Å². The van der Waals surface area contributed by atoms with Gasteiger partial charge in [0.15, 0.2) is 0 Å². The summed E-state index contributed by atoms with van der Waals surface area (Å²) in [4.78, 5) is 25.7. The second kappa shape index (κ2) is 4.62. The van der Waals surface area contributed by atoms with E-state index in [1.54, 1.807) is 17.0 Å². The van der Waals surface area contributed by atoms with Gasteiger partial charge in [-0.15, -0.1) is 0 Å². The van der Waals surface area contributed by atoms with Gasteiger partial charge < -0.3 is 15.5 Å². The molecule has 2 aliphatic rings. The van der Waals surface area contributed by atoms with Crippen molar-refractivity contribution in [3.8, 4) is 0 Å². The second-order valence-electron chi connectivity index (χ2n) is 4.79. The fraction of sp³-hybridized carbons (Fsp3) is 0.385. The minimum Gasteiger partial charge on any atom is -0.352 e. The van der Waals surface area contributed by atoms with E-state index in [9.17, 15) is 14.0 Å². The van der Waals surface area contributed by atoms with Gasteiger partial charge in [-0.2, -0.15) is 0 Å². The van der Waals surface area contributed by atoms with E-state index in [1.165, 1.54) is 12.1 Å². The predicted molar refractivity (Wildman–Crippen MR) is 65.7 cm³/mol. The number of halogens is 1. The fourth-order valence-corrected chi connectivity index (χ4v) is 2.69. The molecule has 0 aromatic heterocycles. The number of carbonyl (C=O) groups excluding carboxylic acids is 2. The van der Waals surface area contributed by atoms with Gasteiger partial charge in [0.1, 0.15) is 11.9 Å². The molecule has 0 spiro atoms. The van der Waals surface area contributed by atoms with Crippen LogP contribution in [-0.2, 0) is 9.59 Å². The van der Waals surface area contributed by atoms with Gasteiger partial charge in [-0.25, -0.2) is 4.39 Å². The van der Waals surface area contributed by atoms with Crippen LogP contribution >= 0.6 is 0 Å². The van der Waals surface area contributed by atoms with Gasteiger partial charge in [0.05, 0.1) is 12.6 Å². The first kappa shape index (κ1) is 12.1. The quantitative estimate of drug-likeness (QED) is 0.737. The molecule has 2 atom stereocenters. The maximum Gasteiger partial charge on any atom is 0.247 e. The van der Waals surface area contributed by atoms with Gasteiger partial charge in [-0.1, -0.05) is 12.1 Å². The summed E-state index contributed by atoms with van der Waals surface area (Å²) in [5.41, 5.74) is 0.512. The maximum atomic E-state index is 13.3. The molecule has 5 nitrogen and oxygen atoms in total. The predicted octanol–water partition coefficient (Wildman–Crippen LogP) is -0.203. The molecule has 100 valence electrons. The number of piperazine rings is 2. The Labute approximate surface area is 109 Å². The maximum absolute atomic E-state index is 13.3. The van der Waals surface area contributed by atoms with Crippen molar-refractivity contribution in [3.63, 3.8) is 0 Å². The normalized spacial score (nSPS) is 26.9. The number of hydrogen-bond acceptors (Lipinski definition) is 3. The Morgan fingerprint density at radius 3 is 2.89 bits per heavy atom. The molecule has 2 unspecified atom stereocenters. The van der Waals surface area contributed by atoms with Crippen molar-refractivity contribution in [1.82, 2.24) is 15.5 Å². The molecule has 2 amide bonds. The lowest BCUT2D eigenvalue weighted by molar-refractivity contribution is -0.148. The van der Waals surface area contributed by atoms with Gasteiger partial charge in [0.2, 0.25) is 11.8 Å². The number of nitrogens with zero attached hydrogens (tertiary/aromatic N) is 1. The minimum absolute atomic E-state index is 0.0767. The Kier molecular flexibility index (Phi) is 2.94. The van der Waals surface area contributed by atoms with Crippen molar-refractivity contribution in [1.29, 1.82) is 0 Å². The molecule has 2 fully saturated rings. The Bertz CT molecular complexity index is 534. The monoisotopic (exact) mass is 263 g/mol. The molecule has 2 N–H and O–H groups in total. The zero-order valence-corrected chi connectivity index (χ0v) is 10.2. The van der Waals surface area contributed by atoms with Gasteiger partial charge >= 0.3 is 0 Å². The first-order chi connectivity index (χ1) is 9.16. The average Bonchev–Trinajstić information content (AvgIpc) is 2.39. The third kappa shape index (κ3) is 2.08. The Balaban J connectivity index is 2.00. The Morgan fingerprint density at radius 2 is 2.11 bits per heavy atom. The number of rotatable bonds is 1. The molecule has 2 aliphatic heterocycles. The molecule has 6 heteroatoms. The topological polar surface area (TPSA) is 61.4 Å². The van der Waals surface area contributed by atoms with Crippen LogP contribution in [0.5, 0.6) is 0 Å². The summed E-state index contributed by atoms with van der Waals surface area (Å²) in [6, 6.07) is 5.04. The van der Waals surface area contributed by atoms with Gasteiger partial charge in [-0.3, -0.25) is 9.59 Å². The van der Waals surface area contributed by atoms with Gasteiger partial charge in [0.25, 0.3) is 0 Å². The van der Waals surface area contributed by atoms with Crippen molar-refractivity contribution in [3.05, 3.63) is 35.6 Å². The van der Waals surface area contributed by atoms with E-state index in [0.717, 1.165) is 0 Å². The van der Waals surface area contributed by atoms with Gasteiger partial charge in [0, 0.05) is 13.1 Å². The Morgan fingerprint density at radius 1 is 1.26 bits per heavy atom. The molecule has 0 aliphatic carbocycles. The van der Waals surface area contributed by atoms with Crippen LogP contribution in [0.1, 0.15) is 11.6 Å². The molecule has 1 aromatic carbocycles. The number of hydrogen-bond donors (Lipinski definition) is 2. The molecule has 3 rings (SSSR count). The number of fused-ring (bicyclic) bond motifs is 1. The lowest BCUT2D eigenvalue weighted by atomic mass is 9.97. The van der Waals surface area contributed by atoms with Crippen molar-refractivity contribution in [2.24, 2.45) is 0 Å². The van der Waals surface area contributed by atoms with Crippen LogP contribution in [0.4, 0.5) is 4.39 Å². The van der Waals surface area contributed by atoms with E-state index >= 15 is 0 Å². The lowest BCUT2D eigenvalue weighted by Gasteiger charge is -2.44. The fourth-order valence-electron chi connectivity index (χ4n) is 2.69. The number of benzene rings is 1. The zero-order chi connectivity index (χ0) is 13.4. The van der Waals surface area contributed by atoms with Crippen LogP contribution in [0.3, 0.4) is 0 Å². The van der Waals surface area contributed by atoms with Crippen molar-refractivity contribution in [2.75, 3.05) is 19.6 Å². The van der Waals surface area contributed by atoms with Crippen molar-refractivity contribution < 1.29 is 14.0 Å². The van der Waals surface area contributed by atoms with E-state index in [2.05, 4.69) is 10.6 Å². The Hall–Kier alpha value is -1.95. The highest BCUT2D eigenvalue weighted by Crippen LogP contribution is 2.27. The summed E-state index contributed by atoms with van der Waals surface area (Å²) in [5.74, 6) is -0.785. The minimum atomic E-state index is -0.732. The van der Waals surface area contributed by atoms with Crippen molar-refractivity contribution in [2.45, 2.75) is 12.1 Å². The summed E-state index contributed by atoms with van der Waals surface area (Å²) >= 11 is 0. The highest BCUT2D eigenvalue weighted by atomic mass is 19.1. The first-order valence-electron chi connectivity index (χ1n) is 6.22. The van der Waals surface area contributed by atoms with Crippen LogP contribution in [0.25, 0.3) is 0 Å². The van der Waals surface area contributed by atoms with Crippen LogP contribution in [0.15, 0.2) is 24.3 Å². The van der Waals surface area contributed by atoms with E-state index in [4.69, 9.17) is 0 Å². The second-order valence-corrected chi connectivity index (χ2v) is 4.79. The number of nitrogens with one attached hydrogen (secondary N) is 2. The SMILES string of the molecule is O=C1NCC2CNCC(=O)N2C1c1cccc(F)c1. The van der Waals surface area contributed by atoms with Gasteiger partial charge in [-0.05, 0) is 17.7 Å². The van der Waals surface area contributed by atoms with E-state index in [-0.39, 0.29) is 24.4 Å². The number of carbonyl (C=O) groups is 2. The number of amides is 2. The smallest absolute Gasteiger partial charge is 0.247 e. The lowest BCUT2D eigenvalue weighted by Crippen LogP contribution is -2.65. The summed E-state index contributed by atoms with van der Waals surface area (Å²) < 4.78 is 13.3. The summed E-state index contributed by atoms with van der Waals surface area (Å²) in [5, 5.41) is 5.79.